The van der Waals surface area contributed by atoms with E-state index in [1.807, 2.05) is 19.9 Å². The molecule has 0 fully saturated rings. The van der Waals surface area contributed by atoms with Gasteiger partial charge in [0.25, 0.3) is 0 Å². The van der Waals surface area contributed by atoms with Gasteiger partial charge in [0.2, 0.25) is 0 Å². The van der Waals surface area contributed by atoms with Crippen LogP contribution in [0.4, 0.5) is 0 Å². The van der Waals surface area contributed by atoms with Crippen molar-refractivity contribution in [2.24, 2.45) is 0 Å². The van der Waals surface area contributed by atoms with Gasteiger partial charge in [0.05, 0.1) is 24.0 Å². The molecule has 0 aliphatic carbocycles. The first-order valence-electron chi connectivity index (χ1n) is 4.61. The number of nitrogens with zero attached hydrogens (tertiary/aromatic N) is 2. The average molecular weight is 223 g/mol. The average Bonchev–Trinajstić information content (AvgIpc) is 2.22. The summed E-state index contributed by atoms with van der Waals surface area (Å²) in [6.45, 7) is 3.84. The van der Waals surface area contributed by atoms with E-state index in [0.717, 1.165) is 16.9 Å². The highest BCUT2D eigenvalue weighted by Crippen LogP contribution is 2.30. The van der Waals surface area contributed by atoms with Gasteiger partial charge in [0, 0.05) is 0 Å². The molecule has 3 nitrogen and oxygen atoms in total. The third-order valence-corrected chi connectivity index (χ3v) is 2.74. The molecule has 0 N–H and O–H groups in total. The van der Waals surface area contributed by atoms with Crippen LogP contribution in [0.15, 0.2) is 12.1 Å². The summed E-state index contributed by atoms with van der Waals surface area (Å²) in [5.41, 5.74) is 3.30. The van der Waals surface area contributed by atoms with Crippen LogP contribution in [-0.4, -0.2) is 17.1 Å². The number of fused-ring (bicyclic) bond motifs is 1. The van der Waals surface area contributed by atoms with Crippen molar-refractivity contribution in [3.63, 3.8) is 0 Å². The van der Waals surface area contributed by atoms with Crippen LogP contribution in [0.2, 0.25) is 5.02 Å². The Hall–Kier alpha value is -1.35. The van der Waals surface area contributed by atoms with Gasteiger partial charge in [-0.2, -0.15) is 0 Å². The number of hydrogen-bond acceptors (Lipinski definition) is 3. The molecule has 0 bridgehead atoms. The van der Waals surface area contributed by atoms with Gasteiger partial charge in [-0.3, -0.25) is 0 Å². The van der Waals surface area contributed by atoms with E-state index >= 15 is 0 Å². The Bertz CT molecular complexity index is 525. The Kier molecular flexibility index (Phi) is 2.49. The molecule has 4 heteroatoms. The summed E-state index contributed by atoms with van der Waals surface area (Å²) in [6.07, 6.45) is 0. The Labute approximate surface area is 93.1 Å². The first kappa shape index (κ1) is 10.2. The minimum atomic E-state index is 0.519. The fraction of sp³-hybridized carbons (Fsp3) is 0.273. The van der Waals surface area contributed by atoms with Gasteiger partial charge >= 0.3 is 0 Å². The van der Waals surface area contributed by atoms with Gasteiger partial charge < -0.3 is 4.74 Å². The minimum absolute atomic E-state index is 0.519. The molecule has 0 radical (unpaired) electrons. The molecule has 1 aromatic heterocycles. The van der Waals surface area contributed by atoms with E-state index in [1.54, 1.807) is 13.2 Å². The van der Waals surface area contributed by atoms with Gasteiger partial charge in [-0.15, -0.1) is 0 Å². The van der Waals surface area contributed by atoms with Crippen LogP contribution >= 0.6 is 11.6 Å². The van der Waals surface area contributed by atoms with Crippen molar-refractivity contribution < 1.29 is 4.74 Å². The van der Waals surface area contributed by atoms with Crippen LogP contribution in [0, 0.1) is 13.8 Å². The number of hydrogen-bond donors (Lipinski definition) is 0. The number of rotatable bonds is 1. The lowest BCUT2D eigenvalue weighted by molar-refractivity contribution is 0.415. The highest BCUT2D eigenvalue weighted by molar-refractivity contribution is 6.36. The molecule has 2 rings (SSSR count). The number of methoxy groups -OCH3 is 1. The summed E-state index contributed by atoms with van der Waals surface area (Å²) < 4.78 is 5.12. The van der Waals surface area contributed by atoms with Crippen LogP contribution in [0.25, 0.3) is 11.0 Å². The second-order valence-corrected chi connectivity index (χ2v) is 3.72. The maximum absolute atomic E-state index is 6.14. The van der Waals surface area contributed by atoms with Crippen molar-refractivity contribution in [1.29, 1.82) is 0 Å². The van der Waals surface area contributed by atoms with Crippen molar-refractivity contribution in [2.45, 2.75) is 13.8 Å². The van der Waals surface area contributed by atoms with E-state index < -0.39 is 0 Å². The molecule has 0 aliphatic rings. The lowest BCUT2D eigenvalue weighted by Crippen LogP contribution is -1.95. The Morgan fingerprint density at radius 1 is 1.13 bits per heavy atom. The number of benzene rings is 1. The van der Waals surface area contributed by atoms with Crippen LogP contribution < -0.4 is 4.74 Å². The van der Waals surface area contributed by atoms with Crippen LogP contribution in [0.5, 0.6) is 5.75 Å². The van der Waals surface area contributed by atoms with Crippen molar-refractivity contribution in [3.8, 4) is 5.75 Å². The molecule has 0 unspecified atom stereocenters. The molecular formula is C11H11ClN2O. The van der Waals surface area contributed by atoms with Crippen molar-refractivity contribution in [3.05, 3.63) is 28.5 Å². The van der Waals surface area contributed by atoms with Crippen molar-refractivity contribution in [1.82, 2.24) is 9.97 Å². The van der Waals surface area contributed by atoms with Crippen molar-refractivity contribution >= 4 is 22.6 Å². The lowest BCUT2D eigenvalue weighted by Gasteiger charge is -2.07. The predicted octanol–water partition coefficient (Wildman–Crippen LogP) is 2.91. The zero-order valence-electron chi connectivity index (χ0n) is 8.84. The molecule has 0 amide bonds. The number of aryl methyl sites for hydroxylation is 2. The van der Waals surface area contributed by atoms with Gasteiger partial charge in [0.15, 0.2) is 0 Å². The fourth-order valence-corrected chi connectivity index (χ4v) is 1.68. The van der Waals surface area contributed by atoms with Gasteiger partial charge in [0.1, 0.15) is 16.3 Å². The zero-order chi connectivity index (χ0) is 11.0. The second-order valence-electron chi connectivity index (χ2n) is 3.34. The number of ether oxygens (including phenoxy) is 1. The van der Waals surface area contributed by atoms with Crippen LogP contribution in [0.3, 0.4) is 0 Å². The highest BCUT2D eigenvalue weighted by atomic mass is 35.5. The smallest absolute Gasteiger partial charge is 0.139 e. The third kappa shape index (κ3) is 1.63. The third-order valence-electron chi connectivity index (χ3n) is 2.37. The minimum Gasteiger partial charge on any atom is -0.495 e. The Morgan fingerprint density at radius 2 is 1.80 bits per heavy atom. The van der Waals surface area contributed by atoms with Crippen LogP contribution in [0.1, 0.15) is 11.4 Å². The van der Waals surface area contributed by atoms with Crippen LogP contribution in [-0.2, 0) is 0 Å². The SMILES string of the molecule is COc1ccc2nc(C)c(C)nc2c1Cl. The first-order valence-corrected chi connectivity index (χ1v) is 4.98. The molecule has 0 atom stereocenters. The first-order chi connectivity index (χ1) is 7.13. The molecule has 0 saturated carbocycles. The van der Waals surface area contributed by atoms with E-state index in [1.165, 1.54) is 0 Å². The monoisotopic (exact) mass is 222 g/mol. The van der Waals surface area contributed by atoms with E-state index in [2.05, 4.69) is 9.97 Å². The Balaban J connectivity index is 2.81. The maximum Gasteiger partial charge on any atom is 0.139 e. The molecule has 1 heterocycles. The summed E-state index contributed by atoms with van der Waals surface area (Å²) in [4.78, 5) is 8.82. The predicted molar refractivity (Wildman–Crippen MR) is 60.6 cm³/mol. The molecule has 78 valence electrons. The zero-order valence-corrected chi connectivity index (χ0v) is 9.59. The molecule has 1 aromatic carbocycles. The van der Waals surface area contributed by atoms with E-state index in [9.17, 15) is 0 Å². The van der Waals surface area contributed by atoms with E-state index in [0.29, 0.717) is 16.3 Å². The molecule has 0 spiro atoms. The standard InChI is InChI=1S/C11H11ClN2O/c1-6-7(2)14-11-8(13-6)4-5-9(15-3)10(11)12/h4-5H,1-3H3. The summed E-state index contributed by atoms with van der Waals surface area (Å²) in [7, 11) is 1.58. The fourth-order valence-electron chi connectivity index (χ4n) is 1.40. The summed E-state index contributed by atoms with van der Waals surface area (Å²) in [5, 5.41) is 0.519. The van der Waals surface area contributed by atoms with Crippen molar-refractivity contribution in [2.75, 3.05) is 7.11 Å². The van der Waals surface area contributed by atoms with E-state index in [4.69, 9.17) is 16.3 Å². The lowest BCUT2D eigenvalue weighted by atomic mass is 10.2. The summed E-state index contributed by atoms with van der Waals surface area (Å²) in [6, 6.07) is 3.66. The maximum atomic E-state index is 6.14. The van der Waals surface area contributed by atoms with Gasteiger partial charge in [-0.1, -0.05) is 11.6 Å². The summed E-state index contributed by atoms with van der Waals surface area (Å²) >= 11 is 6.14. The largest absolute Gasteiger partial charge is 0.495 e. The number of aromatic nitrogens is 2. The normalized spacial score (nSPS) is 10.7. The quantitative estimate of drug-likeness (QED) is 0.744. The molecule has 15 heavy (non-hydrogen) atoms. The molecule has 2 aromatic rings. The summed E-state index contributed by atoms with van der Waals surface area (Å²) in [5.74, 6) is 0.627. The molecular weight excluding hydrogens is 212 g/mol. The topological polar surface area (TPSA) is 35.0 Å². The van der Waals surface area contributed by atoms with Gasteiger partial charge in [-0.05, 0) is 26.0 Å². The molecule has 0 aliphatic heterocycles. The van der Waals surface area contributed by atoms with Gasteiger partial charge in [-0.25, -0.2) is 9.97 Å². The second kappa shape index (κ2) is 3.66. The van der Waals surface area contributed by atoms with E-state index in [-0.39, 0.29) is 0 Å². The highest BCUT2D eigenvalue weighted by Gasteiger charge is 2.09. The Morgan fingerprint density at radius 3 is 2.47 bits per heavy atom. The number of halogens is 1. The molecule has 0 saturated heterocycles.